The van der Waals surface area contributed by atoms with Crippen LogP contribution in [0.5, 0.6) is 0 Å². The number of nitrogens with zero attached hydrogens (tertiary/aromatic N) is 4. The second-order valence-electron chi connectivity index (χ2n) is 11.3. The van der Waals surface area contributed by atoms with Gasteiger partial charge in [-0.15, -0.1) is 22.7 Å². The summed E-state index contributed by atoms with van der Waals surface area (Å²) in [6, 6.07) is 43.7. The predicted octanol–water partition coefficient (Wildman–Crippen LogP) is 11.3. The van der Waals surface area contributed by atoms with Crippen molar-refractivity contribution in [2.75, 3.05) is 14.6 Å². The van der Waals surface area contributed by atoms with Crippen LogP contribution in [0.3, 0.4) is 0 Å². The van der Waals surface area contributed by atoms with Crippen molar-refractivity contribution < 1.29 is 13.1 Å². The topological polar surface area (TPSA) is 13.6 Å². The summed E-state index contributed by atoms with van der Waals surface area (Å²) in [5.41, 5.74) is 5.34. The van der Waals surface area contributed by atoms with Crippen molar-refractivity contribution in [3.63, 3.8) is 0 Å². The van der Waals surface area contributed by atoms with Crippen LogP contribution in [-0.2, 0) is 0 Å². The van der Waals surface area contributed by atoms with Gasteiger partial charge in [0, 0.05) is 56.9 Å². The molecule has 228 valence electrons. The highest BCUT2D eigenvalue weighted by atomic mass is 32.2. The van der Waals surface area contributed by atoms with Crippen LogP contribution in [0.15, 0.2) is 154 Å². The third-order valence-electron chi connectivity index (χ3n) is 8.53. The van der Waals surface area contributed by atoms with Gasteiger partial charge in [0.25, 0.3) is 0 Å². The molecule has 0 aliphatic carbocycles. The zero-order valence-electron chi connectivity index (χ0n) is 24.8. The summed E-state index contributed by atoms with van der Waals surface area (Å²) in [7, 11) is 0. The van der Waals surface area contributed by atoms with Crippen LogP contribution in [-0.4, -0.2) is 6.97 Å². The molecule has 2 aliphatic heterocycles. The van der Waals surface area contributed by atoms with Gasteiger partial charge in [-0.2, -0.15) is 0 Å². The Balaban J connectivity index is 1.12. The van der Waals surface area contributed by atoms with Crippen LogP contribution in [0.1, 0.15) is 5.69 Å². The SMILES string of the molecule is F[B-]1(F)N2C(=Cc3ccc4cc(N(c5ccccc5)c5ccccc5)ccc4[n+]31)Sc1cc(N(c3cccs3)c3cccs3)ccc12. The van der Waals surface area contributed by atoms with E-state index < -0.39 is 6.97 Å². The fourth-order valence-corrected chi connectivity index (χ4v) is 9.28. The molecule has 0 bridgehead atoms. The minimum atomic E-state index is -4.19. The van der Waals surface area contributed by atoms with E-state index in [0.29, 0.717) is 21.9 Å². The number of benzene rings is 4. The van der Waals surface area contributed by atoms with E-state index in [4.69, 9.17) is 0 Å². The monoisotopic (exact) mass is 670 g/mol. The molecule has 0 spiro atoms. The number of hydrogen-bond acceptors (Lipinski definition) is 6. The average Bonchev–Trinajstić information content (AvgIpc) is 3.88. The standard InChI is InChI=1S/C37H25BF2N4S3/c39-38(40)43-31(16-15-26-23-29(17-19-32(26)43)41(27-9-3-1-4-10-27)28-11-5-2-6-12-28)25-37-44(38)33-20-18-30(24-34(33)47-37)42(35-13-7-21-45-35)36-14-8-22-46-36/h1-25H. The summed E-state index contributed by atoms with van der Waals surface area (Å²) in [4.78, 5) is 6.39. The van der Waals surface area contributed by atoms with Crippen LogP contribution >= 0.6 is 34.4 Å². The largest absolute Gasteiger partial charge is 0.738 e. The maximum Gasteiger partial charge on any atom is 0.738 e. The first-order valence-electron chi connectivity index (χ1n) is 15.2. The number of thioether (sulfide) groups is 1. The summed E-state index contributed by atoms with van der Waals surface area (Å²) in [6.07, 6.45) is 1.88. The van der Waals surface area contributed by atoms with E-state index in [9.17, 15) is 0 Å². The van der Waals surface area contributed by atoms with Crippen molar-refractivity contribution in [1.29, 1.82) is 0 Å². The van der Waals surface area contributed by atoms with Crippen molar-refractivity contribution in [3.8, 4) is 0 Å². The van der Waals surface area contributed by atoms with Crippen molar-refractivity contribution in [3.05, 3.63) is 155 Å². The van der Waals surface area contributed by atoms with E-state index in [2.05, 4.69) is 57.0 Å². The predicted molar refractivity (Wildman–Crippen MR) is 195 cm³/mol. The Bertz CT molecular complexity index is 2200. The molecule has 3 aromatic heterocycles. The second kappa shape index (κ2) is 11.1. The molecule has 0 fully saturated rings. The van der Waals surface area contributed by atoms with E-state index >= 15 is 8.63 Å². The molecule has 5 heterocycles. The molecule has 47 heavy (non-hydrogen) atoms. The number of hydrogen-bond donors (Lipinski definition) is 0. The van der Waals surface area contributed by atoms with Crippen LogP contribution < -0.4 is 19.1 Å². The Labute approximate surface area is 283 Å². The summed E-state index contributed by atoms with van der Waals surface area (Å²) >= 11 is 4.70. The molecule has 7 aromatic rings. The van der Waals surface area contributed by atoms with Gasteiger partial charge in [-0.05, 0) is 95.7 Å². The first-order valence-corrected chi connectivity index (χ1v) is 17.7. The number of anilines is 7. The highest BCUT2D eigenvalue weighted by Gasteiger charge is 2.56. The molecule has 4 nitrogen and oxygen atoms in total. The van der Waals surface area contributed by atoms with E-state index in [0.717, 1.165) is 43.0 Å². The van der Waals surface area contributed by atoms with Crippen molar-refractivity contribution in [2.24, 2.45) is 0 Å². The molecule has 4 aromatic carbocycles. The van der Waals surface area contributed by atoms with Crippen molar-refractivity contribution in [1.82, 2.24) is 0 Å². The Kier molecular flexibility index (Phi) is 6.70. The maximum atomic E-state index is 16.9. The molecule has 0 saturated heterocycles. The number of rotatable bonds is 6. The van der Waals surface area contributed by atoms with Crippen LogP contribution in [0.2, 0.25) is 0 Å². The van der Waals surface area contributed by atoms with Gasteiger partial charge in [0.1, 0.15) is 10.0 Å². The van der Waals surface area contributed by atoms with Gasteiger partial charge >= 0.3 is 6.97 Å². The Morgan fingerprint density at radius 2 is 1.23 bits per heavy atom. The molecule has 0 amide bonds. The van der Waals surface area contributed by atoms with E-state index in [1.807, 2.05) is 103 Å². The van der Waals surface area contributed by atoms with Crippen LogP contribution in [0.4, 0.5) is 47.1 Å². The third-order valence-corrected chi connectivity index (χ3v) is 11.3. The lowest BCUT2D eigenvalue weighted by Gasteiger charge is -2.36. The average molecular weight is 671 g/mol. The Morgan fingerprint density at radius 3 is 1.87 bits per heavy atom. The summed E-state index contributed by atoms with van der Waals surface area (Å²) in [5, 5.41) is 7.54. The van der Waals surface area contributed by atoms with Gasteiger partial charge in [0.05, 0.1) is 5.03 Å². The normalized spacial score (nSPS) is 14.3. The van der Waals surface area contributed by atoms with E-state index in [1.54, 1.807) is 22.7 Å². The molecule has 9 rings (SSSR count). The third kappa shape index (κ3) is 4.66. The second-order valence-corrected chi connectivity index (χ2v) is 14.2. The molecule has 0 radical (unpaired) electrons. The molecule has 0 N–H and O–H groups in total. The van der Waals surface area contributed by atoms with E-state index in [-0.39, 0.29) is 0 Å². The number of thiophene rings is 2. The lowest BCUT2D eigenvalue weighted by molar-refractivity contribution is -0.541. The van der Waals surface area contributed by atoms with Gasteiger partial charge in [-0.3, -0.25) is 4.90 Å². The highest BCUT2D eigenvalue weighted by Crippen LogP contribution is 2.53. The summed E-state index contributed by atoms with van der Waals surface area (Å²) < 4.78 is 35.1. The van der Waals surface area contributed by atoms with Gasteiger partial charge < -0.3 is 22.8 Å². The Morgan fingerprint density at radius 1 is 0.596 bits per heavy atom. The number of para-hydroxylation sites is 2. The molecule has 2 aliphatic rings. The lowest BCUT2D eigenvalue weighted by atomic mass is 9.87. The van der Waals surface area contributed by atoms with Crippen molar-refractivity contribution in [2.45, 2.75) is 4.90 Å². The van der Waals surface area contributed by atoms with Gasteiger partial charge in [-0.25, -0.2) is 0 Å². The molecular weight excluding hydrogens is 645 g/mol. The van der Waals surface area contributed by atoms with Gasteiger partial charge in [-0.1, -0.05) is 48.2 Å². The zero-order valence-corrected chi connectivity index (χ0v) is 27.2. The number of fused-ring (bicyclic) bond motifs is 6. The minimum Gasteiger partial charge on any atom is -0.389 e. The minimum absolute atomic E-state index is 0.490. The number of pyridine rings is 1. The Hall–Kier alpha value is -4.90. The quantitative estimate of drug-likeness (QED) is 0.163. The number of halogens is 2. The van der Waals surface area contributed by atoms with Crippen molar-refractivity contribution >= 4 is 96.8 Å². The zero-order chi connectivity index (χ0) is 31.5. The molecule has 0 saturated carbocycles. The fraction of sp³-hybridized carbons (Fsp3) is 0. The van der Waals surface area contributed by atoms with E-state index in [1.165, 1.54) is 21.1 Å². The first kappa shape index (κ1) is 28.3. The molecular formula is C37H25BF2N4S3. The van der Waals surface area contributed by atoms with Crippen LogP contribution in [0, 0.1) is 0 Å². The van der Waals surface area contributed by atoms with Gasteiger partial charge in [0.2, 0.25) is 0 Å². The molecule has 0 atom stereocenters. The summed E-state index contributed by atoms with van der Waals surface area (Å²) in [6.45, 7) is -4.19. The van der Waals surface area contributed by atoms with Gasteiger partial charge in [0.15, 0.2) is 11.2 Å². The number of aromatic nitrogens is 1. The smallest absolute Gasteiger partial charge is 0.389 e. The lowest BCUT2D eigenvalue weighted by Crippen LogP contribution is -2.71. The summed E-state index contributed by atoms with van der Waals surface area (Å²) in [5.74, 6) is 0. The fourth-order valence-electron chi connectivity index (χ4n) is 6.52. The molecule has 10 heteroatoms. The maximum absolute atomic E-state index is 16.9. The first-order chi connectivity index (χ1) is 23.1. The highest BCUT2D eigenvalue weighted by molar-refractivity contribution is 8.04. The van der Waals surface area contributed by atoms with Crippen LogP contribution in [0.25, 0.3) is 17.0 Å². The molecule has 0 unspecified atom stereocenters.